The van der Waals surface area contributed by atoms with E-state index in [2.05, 4.69) is 167 Å². The van der Waals surface area contributed by atoms with Crippen molar-refractivity contribution in [2.75, 3.05) is 13.2 Å². The predicted molar refractivity (Wildman–Crippen MR) is 343 cm³/mol. The molecule has 0 amide bonds. The van der Waals surface area contributed by atoms with Crippen LogP contribution in [0.5, 0.6) is 0 Å². The first kappa shape index (κ1) is 74.0. The number of esters is 3. The predicted octanol–water partition coefficient (Wildman–Crippen LogP) is 22.1. The molecule has 444 valence electrons. The Morgan fingerprint density at radius 2 is 0.532 bits per heavy atom. The monoisotopic (exact) mass is 1090 g/mol. The van der Waals surface area contributed by atoms with E-state index in [0.29, 0.717) is 19.3 Å². The number of hydrogen-bond acceptors (Lipinski definition) is 6. The minimum absolute atomic E-state index is 0.0900. The molecule has 1 atom stereocenters. The number of rotatable bonds is 56. The van der Waals surface area contributed by atoms with Crippen molar-refractivity contribution in [2.24, 2.45) is 0 Å². The number of carbonyl (C=O) groups is 3. The van der Waals surface area contributed by atoms with E-state index in [1.165, 1.54) is 96.3 Å². The fourth-order valence-corrected chi connectivity index (χ4v) is 8.30. The van der Waals surface area contributed by atoms with Crippen LogP contribution in [0.2, 0.25) is 0 Å². The van der Waals surface area contributed by atoms with Gasteiger partial charge in [0.1, 0.15) is 13.2 Å². The summed E-state index contributed by atoms with van der Waals surface area (Å²) in [7, 11) is 0. The highest BCUT2D eigenvalue weighted by Gasteiger charge is 2.19. The molecule has 0 aliphatic heterocycles. The third kappa shape index (κ3) is 63.7. The van der Waals surface area contributed by atoms with Gasteiger partial charge in [-0.15, -0.1) is 0 Å². The Morgan fingerprint density at radius 1 is 0.278 bits per heavy atom. The zero-order valence-corrected chi connectivity index (χ0v) is 50.8. The highest BCUT2D eigenvalue weighted by molar-refractivity contribution is 5.72. The Balaban J connectivity index is 4.22. The van der Waals surface area contributed by atoms with Crippen molar-refractivity contribution in [3.05, 3.63) is 158 Å². The van der Waals surface area contributed by atoms with Crippen LogP contribution in [0, 0.1) is 0 Å². The van der Waals surface area contributed by atoms with E-state index in [0.717, 1.165) is 122 Å². The third-order valence-corrected chi connectivity index (χ3v) is 13.0. The topological polar surface area (TPSA) is 78.9 Å². The van der Waals surface area contributed by atoms with Gasteiger partial charge >= 0.3 is 17.9 Å². The molecule has 0 spiro atoms. The average Bonchev–Trinajstić information content (AvgIpc) is 3.45. The van der Waals surface area contributed by atoms with Crippen molar-refractivity contribution in [3.63, 3.8) is 0 Å². The lowest BCUT2D eigenvalue weighted by molar-refractivity contribution is -0.166. The van der Waals surface area contributed by atoms with E-state index in [-0.39, 0.29) is 31.6 Å². The Bertz CT molecular complexity index is 1780. The number of allylic oxidation sites excluding steroid dienone is 25. The first-order valence-electron chi connectivity index (χ1n) is 32.0. The molecular formula is C73H116O6. The molecule has 0 aromatic rings. The molecule has 0 aliphatic rings. The smallest absolute Gasteiger partial charge is 0.310 e. The van der Waals surface area contributed by atoms with Gasteiger partial charge in [-0.1, -0.05) is 281 Å². The summed E-state index contributed by atoms with van der Waals surface area (Å²) < 4.78 is 16.7. The van der Waals surface area contributed by atoms with Gasteiger partial charge in [-0.2, -0.15) is 0 Å². The van der Waals surface area contributed by atoms with Gasteiger partial charge in [-0.25, -0.2) is 0 Å². The molecule has 0 aromatic carbocycles. The number of ether oxygens (including phenoxy) is 3. The van der Waals surface area contributed by atoms with Crippen LogP contribution in [-0.2, 0) is 28.6 Å². The standard InChI is InChI=1S/C73H116O6/c1-4-7-10-13-16-19-22-24-26-27-28-29-30-31-32-33-34-35-36-37-38-39-40-41-42-43-44-45-47-48-51-54-57-60-63-66-72(75)78-69-70(68-77-71(74)65-62-59-56-53-50-21-18-15-12-9-6-3)79-73(76)67-64-61-58-55-52-49-46-25-23-20-17-14-11-8-5-2/h7-8,10-11,15-20,24-26,28-29,31-32,34-35,37-38,46,52,55,61,64,70H,4-6,9,12-14,21-23,27,30,33,36,39-45,47-51,53-54,56-60,62-63,65-69H2,1-3H3/b10-7-,11-8-,18-15-,19-16-,20-17-,26-24-,29-28-,32-31-,35-34-,38-37-,46-25-,55-52-,64-61-. The normalized spacial score (nSPS) is 13.2. The van der Waals surface area contributed by atoms with E-state index < -0.39 is 12.1 Å². The highest BCUT2D eigenvalue weighted by Crippen LogP contribution is 2.15. The molecule has 0 heterocycles. The van der Waals surface area contributed by atoms with Gasteiger partial charge in [0.2, 0.25) is 0 Å². The van der Waals surface area contributed by atoms with Gasteiger partial charge in [0.15, 0.2) is 6.10 Å². The number of hydrogen-bond donors (Lipinski definition) is 0. The summed E-state index contributed by atoms with van der Waals surface area (Å²) in [4.78, 5) is 38.1. The van der Waals surface area contributed by atoms with E-state index in [1.807, 2.05) is 6.08 Å². The maximum atomic E-state index is 12.8. The molecule has 0 aliphatic carbocycles. The summed E-state index contributed by atoms with van der Waals surface area (Å²) >= 11 is 0. The molecule has 1 unspecified atom stereocenters. The summed E-state index contributed by atoms with van der Waals surface area (Å²) in [5.74, 6) is -1.07. The summed E-state index contributed by atoms with van der Waals surface area (Å²) in [6.07, 6.45) is 95.8. The molecule has 0 saturated carbocycles. The van der Waals surface area contributed by atoms with Crippen molar-refractivity contribution >= 4 is 17.9 Å². The molecule has 0 rings (SSSR count). The maximum absolute atomic E-state index is 12.8. The van der Waals surface area contributed by atoms with Crippen LogP contribution in [0.1, 0.15) is 265 Å². The summed E-state index contributed by atoms with van der Waals surface area (Å²) in [6.45, 7) is 6.27. The fraction of sp³-hybridized carbons (Fsp3) is 0.603. The minimum atomic E-state index is -0.841. The van der Waals surface area contributed by atoms with Gasteiger partial charge in [0.05, 0.1) is 6.42 Å². The second-order valence-corrected chi connectivity index (χ2v) is 20.6. The SMILES string of the molecule is CC/C=C\C/C=C\C/C=C\C/C=C\C/C=C\C/C=C\C/C=C\CCCCCCCCCCCCCCCC(=O)OCC(COC(=O)CCCCCCC/C=C\CCCC)OC(=O)C/C=C\C/C=C\C/C=C\C/C=C\C/C=C\CC. The van der Waals surface area contributed by atoms with E-state index >= 15 is 0 Å². The zero-order chi connectivity index (χ0) is 57.1. The molecular weight excluding hydrogens is 973 g/mol. The minimum Gasteiger partial charge on any atom is -0.462 e. The Labute approximate surface area is 486 Å². The first-order chi connectivity index (χ1) is 39.0. The number of carbonyl (C=O) groups excluding carboxylic acids is 3. The zero-order valence-electron chi connectivity index (χ0n) is 50.8. The van der Waals surface area contributed by atoms with Crippen LogP contribution in [-0.4, -0.2) is 37.2 Å². The van der Waals surface area contributed by atoms with Crippen molar-refractivity contribution in [1.82, 2.24) is 0 Å². The van der Waals surface area contributed by atoms with Crippen LogP contribution in [0.25, 0.3) is 0 Å². The quantitative estimate of drug-likeness (QED) is 0.0261. The van der Waals surface area contributed by atoms with Gasteiger partial charge in [-0.05, 0) is 122 Å². The Kier molecular flexibility index (Phi) is 61.4. The van der Waals surface area contributed by atoms with Crippen LogP contribution >= 0.6 is 0 Å². The number of unbranched alkanes of at least 4 members (excludes halogenated alkanes) is 20. The van der Waals surface area contributed by atoms with Gasteiger partial charge in [0.25, 0.3) is 0 Å². The lowest BCUT2D eigenvalue weighted by Gasteiger charge is -2.18. The fourth-order valence-electron chi connectivity index (χ4n) is 8.30. The van der Waals surface area contributed by atoms with Crippen molar-refractivity contribution in [1.29, 1.82) is 0 Å². The average molecular weight is 1090 g/mol. The second kappa shape index (κ2) is 65.5. The molecule has 79 heavy (non-hydrogen) atoms. The highest BCUT2D eigenvalue weighted by atomic mass is 16.6. The summed E-state index contributed by atoms with van der Waals surface area (Å²) in [6, 6.07) is 0. The lowest BCUT2D eigenvalue weighted by atomic mass is 10.0. The second-order valence-electron chi connectivity index (χ2n) is 20.6. The van der Waals surface area contributed by atoms with Gasteiger partial charge < -0.3 is 14.2 Å². The molecule has 0 fully saturated rings. The molecule has 6 nitrogen and oxygen atoms in total. The van der Waals surface area contributed by atoms with Crippen LogP contribution in [0.4, 0.5) is 0 Å². The van der Waals surface area contributed by atoms with Gasteiger partial charge in [-0.3, -0.25) is 14.4 Å². The van der Waals surface area contributed by atoms with Gasteiger partial charge in [0, 0.05) is 12.8 Å². The molecule has 0 N–H and O–H groups in total. The van der Waals surface area contributed by atoms with Crippen LogP contribution in [0.15, 0.2) is 158 Å². The lowest BCUT2D eigenvalue weighted by Crippen LogP contribution is -2.30. The third-order valence-electron chi connectivity index (χ3n) is 13.0. The molecule has 0 bridgehead atoms. The maximum Gasteiger partial charge on any atom is 0.310 e. The molecule has 0 radical (unpaired) electrons. The van der Waals surface area contributed by atoms with E-state index in [9.17, 15) is 14.4 Å². The largest absolute Gasteiger partial charge is 0.462 e. The van der Waals surface area contributed by atoms with Crippen molar-refractivity contribution in [3.8, 4) is 0 Å². The Morgan fingerprint density at radius 3 is 0.848 bits per heavy atom. The first-order valence-corrected chi connectivity index (χ1v) is 32.0. The van der Waals surface area contributed by atoms with Crippen molar-refractivity contribution in [2.45, 2.75) is 271 Å². The van der Waals surface area contributed by atoms with Crippen LogP contribution < -0.4 is 0 Å². The Hall–Kier alpha value is -4.97. The molecule has 0 aromatic heterocycles. The van der Waals surface area contributed by atoms with Crippen molar-refractivity contribution < 1.29 is 28.6 Å². The van der Waals surface area contributed by atoms with E-state index in [1.54, 1.807) is 6.08 Å². The van der Waals surface area contributed by atoms with E-state index in [4.69, 9.17) is 14.2 Å². The molecule has 0 saturated heterocycles. The summed E-state index contributed by atoms with van der Waals surface area (Å²) in [5.41, 5.74) is 0. The van der Waals surface area contributed by atoms with Crippen LogP contribution in [0.3, 0.4) is 0 Å². The summed E-state index contributed by atoms with van der Waals surface area (Å²) in [5, 5.41) is 0. The molecule has 6 heteroatoms.